The van der Waals surface area contributed by atoms with Gasteiger partial charge in [-0.3, -0.25) is 13.7 Å². The first-order chi connectivity index (χ1) is 22.5. The fourth-order valence-corrected chi connectivity index (χ4v) is 6.89. The van der Waals surface area contributed by atoms with Gasteiger partial charge in [0.05, 0.1) is 26.9 Å². The number of fused-ring (bicyclic) bond motifs is 3. The van der Waals surface area contributed by atoms with Gasteiger partial charge in [-0.2, -0.15) is 30.4 Å². The number of hydrogen-bond donors (Lipinski definition) is 5. The van der Waals surface area contributed by atoms with E-state index >= 15 is 0 Å². The van der Waals surface area contributed by atoms with Gasteiger partial charge in [-0.15, -0.1) is 15.3 Å². The number of rotatable bonds is 7. The highest BCUT2D eigenvalue weighted by molar-refractivity contribution is 7.87. The van der Waals surface area contributed by atoms with Gasteiger partial charge in [0.25, 0.3) is 30.4 Å². The number of nitrogens with two attached hydrogens (primary N) is 1. The van der Waals surface area contributed by atoms with Gasteiger partial charge in [-0.05, 0) is 72.1 Å². The first-order valence-electron chi connectivity index (χ1n) is 13.4. The molecule has 6 aromatic rings. The third kappa shape index (κ3) is 6.30. The van der Waals surface area contributed by atoms with E-state index in [0.29, 0.717) is 27.9 Å². The number of benzene rings is 6. The van der Waals surface area contributed by atoms with Gasteiger partial charge in [0.1, 0.15) is 16.3 Å². The molecule has 0 heterocycles. The lowest BCUT2D eigenvalue weighted by atomic mass is 10.1. The molecular formula is C30H21N5O10S3. The van der Waals surface area contributed by atoms with Crippen LogP contribution in [0.4, 0.5) is 28.4 Å². The summed E-state index contributed by atoms with van der Waals surface area (Å²) >= 11 is 0. The van der Waals surface area contributed by atoms with Crippen molar-refractivity contribution in [2.45, 2.75) is 14.7 Å². The highest BCUT2D eigenvalue weighted by atomic mass is 32.2. The number of phenols is 1. The Kier molecular flexibility index (Phi) is 7.94. The van der Waals surface area contributed by atoms with E-state index in [1.54, 1.807) is 24.3 Å². The molecule has 48 heavy (non-hydrogen) atoms. The lowest BCUT2D eigenvalue weighted by Gasteiger charge is -2.09. The second-order valence-electron chi connectivity index (χ2n) is 10.3. The maximum Gasteiger partial charge on any atom is 0.295 e. The van der Waals surface area contributed by atoms with Gasteiger partial charge in [-0.1, -0.05) is 24.3 Å². The summed E-state index contributed by atoms with van der Waals surface area (Å²) in [6.07, 6.45) is 0. The number of hydrogen-bond acceptors (Lipinski definition) is 12. The molecule has 0 spiro atoms. The van der Waals surface area contributed by atoms with E-state index in [9.17, 15) is 44.0 Å². The predicted octanol–water partition coefficient (Wildman–Crippen LogP) is 7.00. The van der Waals surface area contributed by atoms with Crippen LogP contribution < -0.4 is 5.73 Å². The monoisotopic (exact) mass is 707 g/mol. The van der Waals surface area contributed by atoms with Crippen LogP contribution in [-0.4, -0.2) is 44.0 Å². The third-order valence-electron chi connectivity index (χ3n) is 7.26. The first-order valence-corrected chi connectivity index (χ1v) is 17.7. The van der Waals surface area contributed by atoms with E-state index in [4.69, 9.17) is 5.73 Å². The molecule has 0 unspecified atom stereocenters. The van der Waals surface area contributed by atoms with Crippen LogP contribution in [0.15, 0.2) is 126 Å². The van der Waals surface area contributed by atoms with Crippen LogP contribution in [-0.2, 0) is 30.4 Å². The Hall–Kier alpha value is -5.37. The molecular weight excluding hydrogens is 687 g/mol. The molecule has 0 amide bonds. The molecule has 0 fully saturated rings. The summed E-state index contributed by atoms with van der Waals surface area (Å²) in [7, 11) is -14.4. The minimum Gasteiger partial charge on any atom is -0.506 e. The van der Waals surface area contributed by atoms with Crippen molar-refractivity contribution < 1.29 is 44.0 Å². The molecule has 15 nitrogen and oxygen atoms in total. The van der Waals surface area contributed by atoms with Crippen LogP contribution in [0.5, 0.6) is 5.75 Å². The Bertz CT molecular complexity index is 2730. The predicted molar refractivity (Wildman–Crippen MR) is 176 cm³/mol. The van der Waals surface area contributed by atoms with E-state index in [1.165, 1.54) is 42.5 Å². The lowest BCUT2D eigenvalue weighted by molar-refractivity contribution is 0.476. The summed E-state index contributed by atoms with van der Waals surface area (Å²) in [4.78, 5) is -1.97. The zero-order valence-electron chi connectivity index (χ0n) is 24.0. The third-order valence-corrected chi connectivity index (χ3v) is 9.84. The summed E-state index contributed by atoms with van der Waals surface area (Å²) < 4.78 is 100. The molecule has 0 saturated carbocycles. The minimum atomic E-state index is -4.89. The lowest BCUT2D eigenvalue weighted by Crippen LogP contribution is -2.04. The molecule has 6 rings (SSSR count). The van der Waals surface area contributed by atoms with Crippen molar-refractivity contribution in [1.82, 2.24) is 0 Å². The largest absolute Gasteiger partial charge is 0.506 e. The van der Waals surface area contributed by atoms with Gasteiger partial charge in [0.2, 0.25) is 0 Å². The van der Waals surface area contributed by atoms with Crippen molar-refractivity contribution >= 4 is 91.1 Å². The topological polar surface area (TPSA) is 259 Å². The average Bonchev–Trinajstić information content (AvgIpc) is 3.01. The van der Waals surface area contributed by atoms with Gasteiger partial charge in [-0.25, -0.2) is 0 Å². The van der Waals surface area contributed by atoms with Crippen molar-refractivity contribution in [2.24, 2.45) is 20.5 Å². The Morgan fingerprint density at radius 2 is 1.17 bits per heavy atom. The number of azo groups is 2. The minimum absolute atomic E-state index is 0.00828. The van der Waals surface area contributed by atoms with E-state index in [2.05, 4.69) is 20.5 Å². The van der Waals surface area contributed by atoms with Crippen LogP contribution in [0.2, 0.25) is 0 Å². The summed E-state index contributed by atoms with van der Waals surface area (Å²) in [5.41, 5.74) is 7.04. The van der Waals surface area contributed by atoms with E-state index in [-0.39, 0.29) is 44.7 Å². The first kappa shape index (κ1) is 32.6. The standard InChI is InChI=1S/C30H21N5O10S3/c31-25-3-1-2-23-21(25)8-11-28(36)30(23)35-34-27-10-9-26(22-7-5-18(14-24(22)27)46(37,38)39)33-32-17-4-6-20-16(12-17)13-19(47(40,41)42)15-29(20)48(43,44)45/h1-15,36H,31H2,(H,37,38,39)(H,40,41,42)(H,43,44,45)/b33-32+,35-34+. The Morgan fingerprint density at radius 3 is 1.85 bits per heavy atom. The molecule has 18 heteroatoms. The molecule has 0 aliphatic heterocycles. The van der Waals surface area contributed by atoms with Crippen LogP contribution in [0.3, 0.4) is 0 Å². The van der Waals surface area contributed by atoms with Gasteiger partial charge in [0.15, 0.2) is 0 Å². The Labute approximate surface area is 272 Å². The zero-order valence-corrected chi connectivity index (χ0v) is 26.4. The maximum absolute atomic E-state index is 12.0. The number of nitrogen functional groups attached to an aromatic ring is 1. The fraction of sp³-hybridized carbons (Fsp3) is 0. The quantitative estimate of drug-likeness (QED) is 0.0640. The molecule has 0 aliphatic carbocycles. The van der Waals surface area contributed by atoms with Crippen LogP contribution in [0.25, 0.3) is 32.3 Å². The SMILES string of the molecule is Nc1cccc2c(/N=N/c3ccc(/N=N/c4ccc5c(S(=O)(=O)O)cc(S(=O)(=O)O)cc5c4)c4ccc(S(=O)(=O)O)cc34)c(O)ccc12. The summed E-state index contributed by atoms with van der Waals surface area (Å²) in [5.74, 6) is -0.187. The van der Waals surface area contributed by atoms with Crippen LogP contribution in [0.1, 0.15) is 0 Å². The van der Waals surface area contributed by atoms with Crippen molar-refractivity contribution in [3.8, 4) is 5.75 Å². The Morgan fingerprint density at radius 1 is 0.521 bits per heavy atom. The molecule has 0 aliphatic rings. The second kappa shape index (κ2) is 11.7. The fourth-order valence-electron chi connectivity index (χ4n) is 5.03. The molecule has 0 aromatic heterocycles. The molecule has 0 radical (unpaired) electrons. The van der Waals surface area contributed by atoms with E-state index in [1.807, 2.05) is 0 Å². The van der Waals surface area contributed by atoms with Gasteiger partial charge in [0, 0.05) is 32.6 Å². The normalized spacial score (nSPS) is 13.0. The molecule has 0 saturated heterocycles. The summed E-state index contributed by atoms with van der Waals surface area (Å²) in [5, 5.41) is 28.9. The number of aromatic hydroxyl groups is 1. The molecule has 244 valence electrons. The molecule has 0 atom stereocenters. The van der Waals surface area contributed by atoms with Gasteiger partial charge < -0.3 is 10.8 Å². The Balaban J connectivity index is 1.47. The van der Waals surface area contributed by atoms with Crippen LogP contribution >= 0.6 is 0 Å². The molecule has 0 bridgehead atoms. The zero-order chi connectivity index (χ0) is 34.6. The average molecular weight is 708 g/mol. The van der Waals surface area contributed by atoms with Crippen molar-refractivity contribution in [3.63, 3.8) is 0 Å². The van der Waals surface area contributed by atoms with Crippen molar-refractivity contribution in [2.75, 3.05) is 5.73 Å². The number of phenolic OH excluding ortho intramolecular Hbond substituents is 1. The molecule has 6 aromatic carbocycles. The summed E-state index contributed by atoms with van der Waals surface area (Å²) in [6, 6.07) is 20.2. The van der Waals surface area contributed by atoms with Crippen molar-refractivity contribution in [3.05, 3.63) is 91.0 Å². The summed E-state index contributed by atoms with van der Waals surface area (Å²) in [6.45, 7) is 0. The molecule has 6 N–H and O–H groups in total. The van der Waals surface area contributed by atoms with Crippen molar-refractivity contribution in [1.29, 1.82) is 0 Å². The highest BCUT2D eigenvalue weighted by Gasteiger charge is 2.21. The van der Waals surface area contributed by atoms with Crippen LogP contribution in [0, 0.1) is 0 Å². The smallest absolute Gasteiger partial charge is 0.295 e. The number of anilines is 1. The van der Waals surface area contributed by atoms with E-state index < -0.39 is 45.0 Å². The second-order valence-corrected chi connectivity index (χ2v) is 14.6. The maximum atomic E-state index is 12.0. The number of nitrogens with zero attached hydrogens (tertiary/aromatic N) is 4. The highest BCUT2D eigenvalue weighted by Crippen LogP contribution is 2.41. The van der Waals surface area contributed by atoms with Gasteiger partial charge >= 0.3 is 0 Å². The van der Waals surface area contributed by atoms with E-state index in [0.717, 1.165) is 18.2 Å².